The Morgan fingerprint density at radius 3 is 2.38 bits per heavy atom. The number of hydrogen-bond acceptors (Lipinski definition) is 1. The maximum absolute atomic E-state index is 13.0. The summed E-state index contributed by atoms with van der Waals surface area (Å²) in [6.45, 7) is 8.79. The van der Waals surface area contributed by atoms with Crippen molar-refractivity contribution in [1.82, 2.24) is 0 Å². The van der Waals surface area contributed by atoms with Crippen molar-refractivity contribution < 1.29 is 4.79 Å². The molecular weight excluding hydrogens is 361 g/mol. The number of rotatable bonds is 3. The average Bonchev–Trinajstić information content (AvgIpc) is 2.75. The first-order valence-electron chi connectivity index (χ1n) is 8.34. The fraction of sp³-hybridized carbons (Fsp3) is 0.381. The first-order valence-corrected chi connectivity index (χ1v) is 10.4. The minimum atomic E-state index is -0.415. The van der Waals surface area contributed by atoms with Crippen LogP contribution in [0.3, 0.4) is 0 Å². The van der Waals surface area contributed by atoms with Gasteiger partial charge in [-0.15, -0.1) is 0 Å². The number of anilines is 1. The van der Waals surface area contributed by atoms with E-state index in [1.54, 1.807) is 0 Å². The summed E-state index contributed by atoms with van der Waals surface area (Å²) in [5.74, 6) is 0.223. The van der Waals surface area contributed by atoms with Gasteiger partial charge in [0.15, 0.2) is 0 Å². The second-order valence-electron chi connectivity index (χ2n) is 7.78. The van der Waals surface area contributed by atoms with E-state index in [9.17, 15) is 4.79 Å². The number of hydrogen-bond donors (Lipinski definition) is 0. The van der Waals surface area contributed by atoms with Crippen LogP contribution in [0.5, 0.6) is 0 Å². The van der Waals surface area contributed by atoms with Crippen LogP contribution in [0.15, 0.2) is 48.5 Å². The molecule has 0 aromatic heterocycles. The van der Waals surface area contributed by atoms with Gasteiger partial charge >= 0.3 is 151 Å². The molecule has 1 amide bonds. The molecule has 24 heavy (non-hydrogen) atoms. The summed E-state index contributed by atoms with van der Waals surface area (Å²) in [6.07, 6.45) is 0. The van der Waals surface area contributed by atoms with E-state index in [-0.39, 0.29) is 26.3 Å². The van der Waals surface area contributed by atoms with Crippen LogP contribution >= 0.6 is 0 Å². The molecule has 1 atom stereocenters. The third-order valence-corrected chi connectivity index (χ3v) is 7.65. The Morgan fingerprint density at radius 1 is 1.08 bits per heavy atom. The maximum atomic E-state index is 13.0. The Labute approximate surface area is 151 Å². The average molecular weight is 386 g/mol. The summed E-state index contributed by atoms with van der Waals surface area (Å²) >= 11 is 0.284. The van der Waals surface area contributed by atoms with Crippen LogP contribution in [0.25, 0.3) is 0 Å². The molecule has 0 N–H and O–H groups in total. The standard InChI is InChI=1S/C21H25NOSe/c1-20(2,3)15-11-12-18-17(13-15)21(4,19(23)22(18)5)14-24-16-9-7-6-8-10-16/h6-13H,14H2,1-5H3/t21-/m0/s1. The van der Waals surface area contributed by atoms with Crippen molar-refractivity contribution in [2.45, 2.75) is 43.8 Å². The van der Waals surface area contributed by atoms with Gasteiger partial charge in [0, 0.05) is 0 Å². The zero-order valence-electron chi connectivity index (χ0n) is 15.1. The van der Waals surface area contributed by atoms with Crippen molar-refractivity contribution in [2.75, 3.05) is 11.9 Å². The van der Waals surface area contributed by atoms with E-state index in [4.69, 9.17) is 0 Å². The Kier molecular flexibility index (Phi) is 4.36. The van der Waals surface area contributed by atoms with E-state index in [1.807, 2.05) is 18.0 Å². The van der Waals surface area contributed by atoms with E-state index in [0.717, 1.165) is 11.0 Å². The van der Waals surface area contributed by atoms with Crippen molar-refractivity contribution in [3.05, 3.63) is 59.7 Å². The van der Waals surface area contributed by atoms with Crippen LogP contribution in [-0.2, 0) is 15.6 Å². The van der Waals surface area contributed by atoms with Gasteiger partial charge in [-0.1, -0.05) is 0 Å². The van der Waals surface area contributed by atoms with Gasteiger partial charge in [0.25, 0.3) is 0 Å². The summed E-state index contributed by atoms with van der Waals surface area (Å²) < 4.78 is 1.35. The molecule has 2 nitrogen and oxygen atoms in total. The Bertz CT molecular complexity index is 763. The first-order chi connectivity index (χ1) is 11.2. The first kappa shape index (κ1) is 17.3. The molecule has 1 aliphatic heterocycles. The van der Waals surface area contributed by atoms with Crippen LogP contribution in [0.1, 0.15) is 38.8 Å². The zero-order chi connectivity index (χ0) is 17.5. The number of likely N-dealkylation sites (N-methyl/N-ethyl adjacent to an activating group) is 1. The summed E-state index contributed by atoms with van der Waals surface area (Å²) in [6, 6.07) is 17.1. The van der Waals surface area contributed by atoms with E-state index < -0.39 is 5.41 Å². The van der Waals surface area contributed by atoms with Crippen molar-refractivity contribution >= 4 is 31.0 Å². The SMILES string of the molecule is CN1C(=O)[C@@](C)(C[Se]c2ccccc2)c2cc(C(C)(C)C)ccc21. The predicted octanol–water partition coefficient (Wildman–Crippen LogP) is 3.67. The molecule has 0 aliphatic carbocycles. The molecule has 0 spiro atoms. The third-order valence-electron chi connectivity index (χ3n) is 4.87. The fourth-order valence-corrected chi connectivity index (χ4v) is 5.49. The van der Waals surface area contributed by atoms with Gasteiger partial charge < -0.3 is 0 Å². The van der Waals surface area contributed by atoms with Crippen LogP contribution in [0, 0.1) is 0 Å². The van der Waals surface area contributed by atoms with Crippen LogP contribution in [0.2, 0.25) is 5.32 Å². The van der Waals surface area contributed by atoms with E-state index in [1.165, 1.54) is 15.6 Å². The van der Waals surface area contributed by atoms with Crippen molar-refractivity contribution in [3.63, 3.8) is 0 Å². The number of benzene rings is 2. The number of carbonyl (C=O) groups excluding carboxylic acids is 1. The molecule has 0 radical (unpaired) electrons. The quantitative estimate of drug-likeness (QED) is 0.738. The van der Waals surface area contributed by atoms with Crippen molar-refractivity contribution in [1.29, 1.82) is 0 Å². The number of nitrogens with zero attached hydrogens (tertiary/aromatic N) is 1. The summed E-state index contributed by atoms with van der Waals surface area (Å²) in [5.41, 5.74) is 3.23. The monoisotopic (exact) mass is 387 g/mol. The van der Waals surface area contributed by atoms with Gasteiger partial charge in [-0.25, -0.2) is 0 Å². The molecule has 1 aliphatic rings. The van der Waals surface area contributed by atoms with E-state index in [2.05, 4.69) is 70.2 Å². The van der Waals surface area contributed by atoms with Crippen molar-refractivity contribution in [3.8, 4) is 0 Å². The van der Waals surface area contributed by atoms with Crippen LogP contribution in [0.4, 0.5) is 5.69 Å². The van der Waals surface area contributed by atoms with Gasteiger partial charge in [-0.2, -0.15) is 0 Å². The topological polar surface area (TPSA) is 20.3 Å². The molecule has 0 saturated heterocycles. The van der Waals surface area contributed by atoms with E-state index >= 15 is 0 Å². The van der Waals surface area contributed by atoms with Crippen LogP contribution < -0.4 is 9.36 Å². The molecule has 126 valence electrons. The Balaban J connectivity index is 1.98. The second kappa shape index (κ2) is 6.06. The normalized spacial score (nSPS) is 20.4. The molecule has 2 aromatic rings. The third kappa shape index (κ3) is 2.92. The van der Waals surface area contributed by atoms with E-state index in [0.29, 0.717) is 0 Å². The fourth-order valence-electron chi connectivity index (χ4n) is 3.22. The molecule has 0 fully saturated rings. The molecule has 2 aromatic carbocycles. The van der Waals surface area contributed by atoms with Crippen LogP contribution in [-0.4, -0.2) is 27.9 Å². The molecular formula is C21H25NOSe. The number of carbonyl (C=O) groups is 1. The van der Waals surface area contributed by atoms with Gasteiger partial charge in [-0.05, 0) is 0 Å². The molecule has 0 unspecified atom stereocenters. The molecule has 3 rings (SSSR count). The summed E-state index contributed by atoms with van der Waals surface area (Å²) in [7, 11) is 1.90. The Morgan fingerprint density at radius 2 is 1.75 bits per heavy atom. The minimum absolute atomic E-state index is 0.0880. The van der Waals surface area contributed by atoms with Crippen molar-refractivity contribution in [2.24, 2.45) is 0 Å². The summed E-state index contributed by atoms with van der Waals surface area (Å²) in [5, 5.41) is 0.897. The molecule has 3 heteroatoms. The molecule has 0 saturated carbocycles. The van der Waals surface area contributed by atoms with Gasteiger partial charge in [0.2, 0.25) is 0 Å². The molecule has 1 heterocycles. The van der Waals surface area contributed by atoms with Gasteiger partial charge in [-0.3, -0.25) is 0 Å². The van der Waals surface area contributed by atoms with Gasteiger partial charge in [0.05, 0.1) is 0 Å². The molecule has 0 bridgehead atoms. The van der Waals surface area contributed by atoms with Gasteiger partial charge in [0.1, 0.15) is 0 Å². The summed E-state index contributed by atoms with van der Waals surface area (Å²) in [4.78, 5) is 14.8. The number of fused-ring (bicyclic) bond motifs is 1. The second-order valence-corrected chi connectivity index (χ2v) is 9.98. The predicted molar refractivity (Wildman–Crippen MR) is 103 cm³/mol. The zero-order valence-corrected chi connectivity index (χ0v) is 16.8. The Hall–Kier alpha value is -1.57. The number of amides is 1.